The first-order chi connectivity index (χ1) is 5.20. The Labute approximate surface area is 68.2 Å². The van der Waals surface area contributed by atoms with Crippen molar-refractivity contribution >= 4 is 17.2 Å². The van der Waals surface area contributed by atoms with Gasteiger partial charge in [-0.05, 0) is 0 Å². The van der Waals surface area contributed by atoms with Gasteiger partial charge in [0.2, 0.25) is 5.91 Å². The molecule has 1 amide bonds. The molecule has 4 N–H and O–H groups in total. The van der Waals surface area contributed by atoms with E-state index < -0.39 is 5.91 Å². The molecule has 0 aromatic carbocycles. The fourth-order valence-corrected chi connectivity index (χ4v) is 1.36. The van der Waals surface area contributed by atoms with E-state index in [1.807, 2.05) is 5.38 Å². The number of nitrogens with two attached hydrogens (primary N) is 2. The lowest BCUT2D eigenvalue weighted by atomic mass is 10.2. The number of aromatic nitrogens is 1. The van der Waals surface area contributed by atoms with Gasteiger partial charge >= 0.3 is 0 Å². The van der Waals surface area contributed by atoms with E-state index >= 15 is 0 Å². The molecular formula is C6H9N3OS. The number of nitrogens with zero attached hydrogens (tertiary/aromatic N) is 1. The third-order valence-electron chi connectivity index (χ3n) is 1.19. The Kier molecular flexibility index (Phi) is 2.56. The molecule has 4 nitrogen and oxygen atoms in total. The van der Waals surface area contributed by atoms with Gasteiger partial charge in [-0.3, -0.25) is 4.79 Å². The summed E-state index contributed by atoms with van der Waals surface area (Å²) < 4.78 is 0. The lowest BCUT2D eigenvalue weighted by Gasteiger charge is -2.03. The Morgan fingerprint density at radius 1 is 1.82 bits per heavy atom. The number of thiazole rings is 1. The molecule has 11 heavy (non-hydrogen) atoms. The Bertz CT molecular complexity index is 234. The van der Waals surface area contributed by atoms with Crippen LogP contribution in [0.5, 0.6) is 0 Å². The molecule has 0 spiro atoms. The molecule has 5 heteroatoms. The minimum absolute atomic E-state index is 0.160. The highest BCUT2D eigenvalue weighted by atomic mass is 32.1. The van der Waals surface area contributed by atoms with Crippen molar-refractivity contribution in [2.75, 3.05) is 0 Å². The zero-order chi connectivity index (χ0) is 8.27. The first kappa shape index (κ1) is 8.16. The first-order valence-corrected chi connectivity index (χ1v) is 4.01. The standard InChI is InChI=1S/C6H9N3OS/c7-4(3-5(8)10)6-9-1-2-11-6/h1-2,4H,3,7H2,(H2,8,10)/t4-/m1/s1. The summed E-state index contributed by atoms with van der Waals surface area (Å²) in [6.45, 7) is 0. The summed E-state index contributed by atoms with van der Waals surface area (Å²) in [6, 6.07) is -0.340. The number of primary amides is 1. The molecule has 1 heterocycles. The van der Waals surface area contributed by atoms with Gasteiger partial charge in [-0.2, -0.15) is 0 Å². The summed E-state index contributed by atoms with van der Waals surface area (Å²) in [5.74, 6) is -0.396. The predicted molar refractivity (Wildman–Crippen MR) is 42.9 cm³/mol. The Morgan fingerprint density at radius 3 is 3.00 bits per heavy atom. The molecule has 1 rings (SSSR count). The van der Waals surface area contributed by atoms with Crippen molar-refractivity contribution in [3.63, 3.8) is 0 Å². The SMILES string of the molecule is NC(=O)C[C@@H](N)c1nccs1. The first-order valence-electron chi connectivity index (χ1n) is 3.13. The maximum absolute atomic E-state index is 10.4. The van der Waals surface area contributed by atoms with Gasteiger partial charge in [-0.1, -0.05) is 0 Å². The molecule has 0 bridgehead atoms. The van der Waals surface area contributed by atoms with Crippen LogP contribution in [0.4, 0.5) is 0 Å². The lowest BCUT2D eigenvalue weighted by Crippen LogP contribution is -2.20. The normalized spacial score (nSPS) is 12.8. The Morgan fingerprint density at radius 2 is 2.55 bits per heavy atom. The van der Waals surface area contributed by atoms with E-state index in [2.05, 4.69) is 4.98 Å². The van der Waals surface area contributed by atoms with Gasteiger partial charge in [-0.15, -0.1) is 11.3 Å². The minimum atomic E-state index is -0.396. The van der Waals surface area contributed by atoms with Gasteiger partial charge in [-0.25, -0.2) is 4.98 Å². The van der Waals surface area contributed by atoms with Crippen LogP contribution in [0.3, 0.4) is 0 Å². The molecular weight excluding hydrogens is 162 g/mol. The smallest absolute Gasteiger partial charge is 0.219 e. The van der Waals surface area contributed by atoms with Crippen molar-refractivity contribution in [2.24, 2.45) is 11.5 Å². The highest BCUT2D eigenvalue weighted by Crippen LogP contribution is 2.15. The molecule has 0 aliphatic rings. The minimum Gasteiger partial charge on any atom is -0.370 e. The van der Waals surface area contributed by atoms with Crippen LogP contribution in [0.25, 0.3) is 0 Å². The van der Waals surface area contributed by atoms with Crippen LogP contribution in [0.2, 0.25) is 0 Å². The van der Waals surface area contributed by atoms with Gasteiger partial charge in [0.1, 0.15) is 5.01 Å². The van der Waals surface area contributed by atoms with Crippen molar-refractivity contribution in [3.05, 3.63) is 16.6 Å². The van der Waals surface area contributed by atoms with Crippen LogP contribution in [-0.4, -0.2) is 10.9 Å². The molecule has 1 atom stereocenters. The van der Waals surface area contributed by atoms with Gasteiger partial charge in [0, 0.05) is 18.0 Å². The average Bonchev–Trinajstić information content (AvgIpc) is 2.35. The topological polar surface area (TPSA) is 82.0 Å². The second-order valence-corrected chi connectivity index (χ2v) is 3.07. The van der Waals surface area contributed by atoms with E-state index in [9.17, 15) is 4.79 Å². The largest absolute Gasteiger partial charge is 0.370 e. The highest BCUT2D eigenvalue weighted by Gasteiger charge is 2.10. The van der Waals surface area contributed by atoms with Crippen molar-refractivity contribution in [1.29, 1.82) is 0 Å². The Hall–Kier alpha value is -0.940. The van der Waals surface area contributed by atoms with Crippen molar-refractivity contribution in [3.8, 4) is 0 Å². The van der Waals surface area contributed by atoms with Crippen molar-refractivity contribution < 1.29 is 4.79 Å². The number of rotatable bonds is 3. The second kappa shape index (κ2) is 3.45. The molecule has 0 aliphatic carbocycles. The molecule has 0 unspecified atom stereocenters. The number of carbonyl (C=O) groups excluding carboxylic acids is 1. The van der Waals surface area contributed by atoms with Gasteiger partial charge in [0.15, 0.2) is 0 Å². The second-order valence-electron chi connectivity index (χ2n) is 2.15. The number of hydrogen-bond acceptors (Lipinski definition) is 4. The van der Waals surface area contributed by atoms with Crippen LogP contribution in [0.15, 0.2) is 11.6 Å². The van der Waals surface area contributed by atoms with Crippen LogP contribution < -0.4 is 11.5 Å². The van der Waals surface area contributed by atoms with Crippen LogP contribution >= 0.6 is 11.3 Å². The third-order valence-corrected chi connectivity index (χ3v) is 2.10. The van der Waals surface area contributed by atoms with Gasteiger partial charge in [0.05, 0.1) is 6.04 Å². The van der Waals surface area contributed by atoms with Crippen LogP contribution in [-0.2, 0) is 4.79 Å². The Balaban J connectivity index is 2.56. The summed E-state index contributed by atoms with van der Waals surface area (Å²) in [5.41, 5.74) is 10.5. The molecule has 60 valence electrons. The van der Waals surface area contributed by atoms with E-state index in [4.69, 9.17) is 11.5 Å². The average molecular weight is 171 g/mol. The molecule has 0 saturated carbocycles. The highest BCUT2D eigenvalue weighted by molar-refractivity contribution is 7.09. The van der Waals surface area contributed by atoms with Gasteiger partial charge in [0.25, 0.3) is 0 Å². The van der Waals surface area contributed by atoms with Gasteiger partial charge < -0.3 is 11.5 Å². The molecule has 0 radical (unpaired) electrons. The number of hydrogen-bond donors (Lipinski definition) is 2. The predicted octanol–water partition coefficient (Wildman–Crippen LogP) is 0.0183. The molecule has 1 aromatic rings. The lowest BCUT2D eigenvalue weighted by molar-refractivity contribution is -0.118. The van der Waals surface area contributed by atoms with Crippen LogP contribution in [0.1, 0.15) is 17.5 Å². The van der Waals surface area contributed by atoms with E-state index in [0.29, 0.717) is 0 Å². The van der Waals surface area contributed by atoms with Crippen molar-refractivity contribution in [2.45, 2.75) is 12.5 Å². The van der Waals surface area contributed by atoms with E-state index in [-0.39, 0.29) is 12.5 Å². The summed E-state index contributed by atoms with van der Waals surface area (Å²) in [6.07, 6.45) is 1.81. The quantitative estimate of drug-likeness (QED) is 0.672. The third kappa shape index (κ3) is 2.28. The summed E-state index contributed by atoms with van der Waals surface area (Å²) >= 11 is 1.43. The summed E-state index contributed by atoms with van der Waals surface area (Å²) in [4.78, 5) is 14.4. The monoisotopic (exact) mass is 171 g/mol. The molecule has 0 aliphatic heterocycles. The van der Waals surface area contributed by atoms with E-state index in [0.717, 1.165) is 5.01 Å². The molecule has 0 fully saturated rings. The van der Waals surface area contributed by atoms with Crippen LogP contribution in [0, 0.1) is 0 Å². The summed E-state index contributed by atoms with van der Waals surface area (Å²) in [5, 5.41) is 2.57. The fraction of sp³-hybridized carbons (Fsp3) is 0.333. The maximum atomic E-state index is 10.4. The van der Waals surface area contributed by atoms with E-state index in [1.54, 1.807) is 6.20 Å². The van der Waals surface area contributed by atoms with E-state index in [1.165, 1.54) is 11.3 Å². The number of amides is 1. The molecule has 0 saturated heterocycles. The zero-order valence-electron chi connectivity index (χ0n) is 5.86. The fourth-order valence-electron chi connectivity index (χ4n) is 0.722. The number of carbonyl (C=O) groups is 1. The summed E-state index contributed by atoms with van der Waals surface area (Å²) in [7, 11) is 0. The maximum Gasteiger partial charge on any atom is 0.219 e. The molecule has 1 aromatic heterocycles. The van der Waals surface area contributed by atoms with Crippen molar-refractivity contribution in [1.82, 2.24) is 4.98 Å². The zero-order valence-corrected chi connectivity index (χ0v) is 6.67.